The van der Waals surface area contributed by atoms with Crippen molar-refractivity contribution in [3.8, 4) is 0 Å². The van der Waals surface area contributed by atoms with Gasteiger partial charge in [-0.3, -0.25) is 4.79 Å². The molecule has 2 heterocycles. The summed E-state index contributed by atoms with van der Waals surface area (Å²) < 4.78 is 29.5. The number of fused-ring (bicyclic) bond motifs is 1. The highest BCUT2D eigenvalue weighted by Gasteiger charge is 2.26. The van der Waals surface area contributed by atoms with Gasteiger partial charge in [-0.25, -0.2) is 13.4 Å². The van der Waals surface area contributed by atoms with Crippen molar-refractivity contribution in [1.29, 1.82) is 0 Å². The maximum absolute atomic E-state index is 12.9. The van der Waals surface area contributed by atoms with Gasteiger partial charge in [0.15, 0.2) is 5.16 Å². The molecular formula is C21H32N4O3S2. The number of carbonyl (C=O) groups is 1. The Kier molecular flexibility index (Phi) is 7.81. The Hall–Kier alpha value is -1.58. The molecule has 0 bridgehead atoms. The van der Waals surface area contributed by atoms with E-state index >= 15 is 0 Å². The number of amides is 1. The number of aryl methyl sites for hydroxylation is 1. The van der Waals surface area contributed by atoms with Crippen molar-refractivity contribution >= 4 is 38.7 Å². The second-order valence-corrected chi connectivity index (χ2v) is 10.6. The van der Waals surface area contributed by atoms with Gasteiger partial charge in [0.2, 0.25) is 15.9 Å². The third kappa shape index (κ3) is 4.84. The van der Waals surface area contributed by atoms with Crippen LogP contribution in [0.25, 0.3) is 11.0 Å². The topological polar surface area (TPSA) is 84.3 Å². The van der Waals surface area contributed by atoms with Gasteiger partial charge in [0.1, 0.15) is 0 Å². The zero-order chi connectivity index (χ0) is 21.7. The molecule has 1 aliphatic rings. The number of unbranched alkanes of at least 4 members (excludes halogenated alkanes) is 1. The van der Waals surface area contributed by atoms with Crippen molar-refractivity contribution in [3.05, 3.63) is 18.2 Å². The van der Waals surface area contributed by atoms with E-state index in [0.29, 0.717) is 18.6 Å². The van der Waals surface area contributed by atoms with Crippen LogP contribution in [0.2, 0.25) is 0 Å². The second-order valence-electron chi connectivity index (χ2n) is 7.53. The molecule has 1 fully saturated rings. The molecule has 1 atom stereocenters. The number of rotatable bonds is 9. The molecule has 1 aliphatic heterocycles. The SMILES string of the molecule is CCCCn1c(SC2CCCCNC2=O)nc2cc(S(=O)(=O)N(CC)CC)ccc21. The maximum atomic E-state index is 12.9. The standard InChI is InChI=1S/C21H32N4O3S2/c1-4-7-14-25-18-12-11-16(30(27,28)24(5-2)6-3)15-17(18)23-21(25)29-19-10-8-9-13-22-20(19)26/h11-12,15,19H,4-10,13-14H2,1-3H3,(H,22,26). The Morgan fingerprint density at radius 2 is 2.00 bits per heavy atom. The maximum Gasteiger partial charge on any atom is 0.243 e. The van der Waals surface area contributed by atoms with E-state index in [0.717, 1.165) is 55.9 Å². The van der Waals surface area contributed by atoms with Gasteiger partial charge in [-0.2, -0.15) is 4.31 Å². The molecule has 1 amide bonds. The van der Waals surface area contributed by atoms with Crippen LogP contribution >= 0.6 is 11.8 Å². The molecule has 7 nitrogen and oxygen atoms in total. The van der Waals surface area contributed by atoms with Crippen LogP contribution in [0.15, 0.2) is 28.3 Å². The number of aromatic nitrogens is 2. The van der Waals surface area contributed by atoms with Gasteiger partial charge >= 0.3 is 0 Å². The van der Waals surface area contributed by atoms with Crippen molar-refractivity contribution in [2.45, 2.75) is 74.7 Å². The summed E-state index contributed by atoms with van der Waals surface area (Å²) in [6, 6.07) is 5.20. The van der Waals surface area contributed by atoms with Crippen LogP contribution in [0.4, 0.5) is 0 Å². The van der Waals surface area contributed by atoms with Gasteiger partial charge in [-0.05, 0) is 37.5 Å². The number of hydrogen-bond donors (Lipinski definition) is 1. The largest absolute Gasteiger partial charge is 0.355 e. The van der Waals surface area contributed by atoms with Crippen molar-refractivity contribution in [2.75, 3.05) is 19.6 Å². The molecule has 30 heavy (non-hydrogen) atoms. The molecule has 1 aromatic carbocycles. The average Bonchev–Trinajstić information content (AvgIpc) is 2.94. The highest BCUT2D eigenvalue weighted by atomic mass is 32.2. The molecule has 1 saturated heterocycles. The normalized spacial score (nSPS) is 18.0. The lowest BCUT2D eigenvalue weighted by atomic mass is 10.2. The zero-order valence-corrected chi connectivity index (χ0v) is 19.7. The highest BCUT2D eigenvalue weighted by Crippen LogP contribution is 2.32. The number of nitrogens with one attached hydrogen (secondary N) is 1. The first-order valence-corrected chi connectivity index (χ1v) is 13.2. The van der Waals surface area contributed by atoms with Crippen LogP contribution in [-0.4, -0.2) is 53.1 Å². The van der Waals surface area contributed by atoms with Gasteiger partial charge < -0.3 is 9.88 Å². The molecule has 1 aromatic heterocycles. The third-order valence-electron chi connectivity index (χ3n) is 5.50. The predicted octanol–water partition coefficient (Wildman–Crippen LogP) is 3.63. The van der Waals surface area contributed by atoms with Crippen LogP contribution in [0.3, 0.4) is 0 Å². The molecule has 0 saturated carbocycles. The molecule has 1 unspecified atom stereocenters. The number of thioether (sulfide) groups is 1. The Bertz CT molecular complexity index is 984. The molecule has 9 heteroatoms. The second kappa shape index (κ2) is 10.2. The summed E-state index contributed by atoms with van der Waals surface area (Å²) in [5.74, 6) is 0.0661. The van der Waals surface area contributed by atoms with Gasteiger partial charge in [0, 0.05) is 26.2 Å². The first-order chi connectivity index (χ1) is 14.4. The lowest BCUT2D eigenvalue weighted by Gasteiger charge is -2.18. The zero-order valence-electron chi connectivity index (χ0n) is 18.1. The summed E-state index contributed by atoms with van der Waals surface area (Å²) in [6.45, 7) is 8.20. The van der Waals surface area contributed by atoms with E-state index in [-0.39, 0.29) is 16.1 Å². The summed E-state index contributed by atoms with van der Waals surface area (Å²) in [5.41, 5.74) is 1.58. The van der Waals surface area contributed by atoms with Crippen LogP contribution < -0.4 is 5.32 Å². The number of sulfonamides is 1. The summed E-state index contributed by atoms with van der Waals surface area (Å²) in [6.07, 6.45) is 4.88. The smallest absolute Gasteiger partial charge is 0.243 e. The van der Waals surface area contributed by atoms with E-state index in [4.69, 9.17) is 4.98 Å². The Balaban J connectivity index is 2.00. The number of hydrogen-bond acceptors (Lipinski definition) is 5. The fraction of sp³-hybridized carbons (Fsp3) is 0.619. The fourth-order valence-electron chi connectivity index (χ4n) is 3.73. The minimum Gasteiger partial charge on any atom is -0.355 e. The molecule has 166 valence electrons. The molecule has 0 spiro atoms. The van der Waals surface area contributed by atoms with Crippen LogP contribution in [-0.2, 0) is 21.4 Å². The summed E-state index contributed by atoms with van der Waals surface area (Å²) in [5, 5.41) is 3.61. The van der Waals surface area contributed by atoms with Crippen molar-refractivity contribution < 1.29 is 13.2 Å². The van der Waals surface area contributed by atoms with Crippen LogP contribution in [0.5, 0.6) is 0 Å². The number of benzene rings is 1. The Morgan fingerprint density at radius 1 is 1.23 bits per heavy atom. The summed E-state index contributed by atoms with van der Waals surface area (Å²) >= 11 is 1.50. The predicted molar refractivity (Wildman–Crippen MR) is 121 cm³/mol. The van der Waals surface area contributed by atoms with E-state index in [1.807, 2.05) is 19.9 Å². The summed E-state index contributed by atoms with van der Waals surface area (Å²) in [7, 11) is -3.54. The average molecular weight is 453 g/mol. The minimum atomic E-state index is -3.54. The molecule has 2 aromatic rings. The van der Waals surface area contributed by atoms with Crippen molar-refractivity contribution in [1.82, 2.24) is 19.2 Å². The number of carbonyl (C=O) groups excluding carboxylic acids is 1. The van der Waals surface area contributed by atoms with E-state index in [2.05, 4.69) is 16.8 Å². The van der Waals surface area contributed by atoms with Crippen LogP contribution in [0, 0.1) is 0 Å². The number of imidazole rings is 1. The first kappa shape index (κ1) is 23.1. The van der Waals surface area contributed by atoms with Gasteiger partial charge in [-0.15, -0.1) is 0 Å². The molecule has 1 N–H and O–H groups in total. The van der Waals surface area contributed by atoms with E-state index < -0.39 is 10.0 Å². The molecular weight excluding hydrogens is 420 g/mol. The van der Waals surface area contributed by atoms with Crippen molar-refractivity contribution in [3.63, 3.8) is 0 Å². The number of nitrogens with zero attached hydrogens (tertiary/aromatic N) is 3. The fourth-order valence-corrected chi connectivity index (χ4v) is 6.41. The lowest BCUT2D eigenvalue weighted by Crippen LogP contribution is -2.30. The Morgan fingerprint density at radius 3 is 2.70 bits per heavy atom. The monoisotopic (exact) mass is 452 g/mol. The lowest BCUT2D eigenvalue weighted by molar-refractivity contribution is -0.120. The molecule has 0 aliphatic carbocycles. The highest BCUT2D eigenvalue weighted by molar-refractivity contribution is 8.00. The molecule has 3 rings (SSSR count). The molecule has 0 radical (unpaired) electrons. The van der Waals surface area contributed by atoms with E-state index in [1.54, 1.807) is 12.1 Å². The van der Waals surface area contributed by atoms with E-state index in [1.165, 1.54) is 16.1 Å². The summed E-state index contributed by atoms with van der Waals surface area (Å²) in [4.78, 5) is 17.5. The van der Waals surface area contributed by atoms with Gasteiger partial charge in [0.25, 0.3) is 0 Å². The Labute approximate surface area is 183 Å². The van der Waals surface area contributed by atoms with Crippen molar-refractivity contribution in [2.24, 2.45) is 0 Å². The quantitative estimate of drug-likeness (QED) is 0.628. The minimum absolute atomic E-state index is 0.0661. The van der Waals surface area contributed by atoms with Gasteiger partial charge in [-0.1, -0.05) is 45.4 Å². The third-order valence-corrected chi connectivity index (χ3v) is 8.80. The van der Waals surface area contributed by atoms with Crippen LogP contribution in [0.1, 0.15) is 52.9 Å². The van der Waals surface area contributed by atoms with E-state index in [9.17, 15) is 13.2 Å². The first-order valence-electron chi connectivity index (χ1n) is 10.9. The van der Waals surface area contributed by atoms with Gasteiger partial charge in [0.05, 0.1) is 21.2 Å².